The number of hydrogen-bond donors (Lipinski definition) is 0. The van der Waals surface area contributed by atoms with E-state index < -0.39 is 0 Å². The highest BCUT2D eigenvalue weighted by Gasteiger charge is 2.22. The fourth-order valence-electron chi connectivity index (χ4n) is 4.28. The molecule has 1 aliphatic heterocycles. The maximum Gasteiger partial charge on any atom is 0.222 e. The van der Waals surface area contributed by atoms with Gasteiger partial charge in [-0.15, -0.1) is 0 Å². The predicted octanol–water partition coefficient (Wildman–Crippen LogP) is 3.91. The van der Waals surface area contributed by atoms with Crippen molar-refractivity contribution in [1.29, 1.82) is 0 Å². The Hall–Kier alpha value is -2.51. The largest absolute Gasteiger partial charge is 0.480 e. The molecule has 166 valence electrons. The Morgan fingerprint density at radius 3 is 2.52 bits per heavy atom. The number of aromatic nitrogens is 4. The van der Waals surface area contributed by atoms with Gasteiger partial charge >= 0.3 is 0 Å². The van der Waals surface area contributed by atoms with Crippen LogP contribution in [0.5, 0.6) is 5.88 Å². The lowest BCUT2D eigenvalue weighted by Gasteiger charge is -2.29. The molecule has 1 aliphatic rings. The van der Waals surface area contributed by atoms with Crippen LogP contribution in [0.25, 0.3) is 22.4 Å². The van der Waals surface area contributed by atoms with E-state index in [-0.39, 0.29) is 0 Å². The van der Waals surface area contributed by atoms with Crippen molar-refractivity contribution in [2.75, 3.05) is 40.0 Å². The van der Waals surface area contributed by atoms with Crippen LogP contribution in [0.4, 0.5) is 0 Å². The Bertz CT molecular complexity index is 1070. The Kier molecular flexibility index (Phi) is 6.25. The molecule has 4 heterocycles. The van der Waals surface area contributed by atoms with E-state index in [0.717, 1.165) is 66.7 Å². The number of methoxy groups -OCH3 is 1. The van der Waals surface area contributed by atoms with Crippen LogP contribution in [0.15, 0.2) is 18.3 Å². The molecule has 3 aromatic rings. The Labute approximate surface area is 184 Å². The second-order valence-corrected chi connectivity index (χ2v) is 8.79. The number of fused-ring (bicyclic) bond motifs is 1. The van der Waals surface area contributed by atoms with Gasteiger partial charge in [0.15, 0.2) is 5.65 Å². The Morgan fingerprint density at radius 2 is 1.84 bits per heavy atom. The fraction of sp³-hybridized carbons (Fsp3) is 0.542. The number of nitrogens with zero attached hydrogens (tertiary/aromatic N) is 5. The third-order valence-corrected chi connectivity index (χ3v) is 6.08. The molecule has 0 bridgehead atoms. The average Bonchev–Trinajstić information content (AvgIpc) is 3.08. The monoisotopic (exact) mass is 423 g/mol. The molecule has 0 amide bonds. The summed E-state index contributed by atoms with van der Waals surface area (Å²) in [5.41, 5.74) is 6.70. The third-order valence-electron chi connectivity index (χ3n) is 6.08. The summed E-state index contributed by atoms with van der Waals surface area (Å²) in [7, 11) is 3.70. The lowest BCUT2D eigenvalue weighted by Crippen LogP contribution is -2.38. The van der Waals surface area contributed by atoms with Crippen LogP contribution in [0.3, 0.4) is 0 Å². The van der Waals surface area contributed by atoms with Gasteiger partial charge in [0.1, 0.15) is 5.52 Å². The van der Waals surface area contributed by atoms with Crippen LogP contribution in [0.1, 0.15) is 49.6 Å². The molecule has 3 aromatic heterocycles. The zero-order valence-corrected chi connectivity index (χ0v) is 19.5. The summed E-state index contributed by atoms with van der Waals surface area (Å²) < 4.78 is 13.2. The molecule has 1 atom stereocenters. The minimum atomic E-state index is 0.334. The molecule has 1 saturated heterocycles. The summed E-state index contributed by atoms with van der Waals surface area (Å²) in [6, 6.07) is 4.10. The summed E-state index contributed by atoms with van der Waals surface area (Å²) >= 11 is 0. The molecule has 7 nitrogen and oxygen atoms in total. The summed E-state index contributed by atoms with van der Waals surface area (Å²) in [5, 5.41) is 0. The van der Waals surface area contributed by atoms with Crippen molar-refractivity contribution in [3.63, 3.8) is 0 Å². The van der Waals surface area contributed by atoms with Gasteiger partial charge in [-0.1, -0.05) is 20.8 Å². The standard InChI is InChI=1S/C24H33N5O2/c1-15(2)20-8-7-18(24(26-20)30-6)21-17(4)25-22-19(14-28(5)23(22)27-21)16(3)13-29-9-11-31-12-10-29/h7-8,14-16H,9-13H2,1-6H3. The summed E-state index contributed by atoms with van der Waals surface area (Å²) in [6.45, 7) is 13.1. The van der Waals surface area contributed by atoms with E-state index in [4.69, 9.17) is 24.4 Å². The van der Waals surface area contributed by atoms with Crippen LogP contribution in [-0.2, 0) is 11.8 Å². The molecule has 31 heavy (non-hydrogen) atoms. The van der Waals surface area contributed by atoms with Crippen LogP contribution in [0, 0.1) is 6.92 Å². The second-order valence-electron chi connectivity index (χ2n) is 8.79. The normalized spacial score (nSPS) is 16.2. The van der Waals surface area contributed by atoms with Crippen molar-refractivity contribution < 1.29 is 9.47 Å². The summed E-state index contributed by atoms with van der Waals surface area (Å²) in [6.07, 6.45) is 2.18. The lowest BCUT2D eigenvalue weighted by atomic mass is 10.0. The molecule has 0 aromatic carbocycles. The minimum Gasteiger partial charge on any atom is -0.480 e. The smallest absolute Gasteiger partial charge is 0.222 e. The molecule has 1 fully saturated rings. The molecule has 0 N–H and O–H groups in total. The van der Waals surface area contributed by atoms with Crippen molar-refractivity contribution in [3.8, 4) is 17.1 Å². The van der Waals surface area contributed by atoms with Gasteiger partial charge in [-0.25, -0.2) is 15.0 Å². The van der Waals surface area contributed by atoms with Crippen LogP contribution in [-0.4, -0.2) is 64.4 Å². The van der Waals surface area contributed by atoms with Gasteiger partial charge in [0, 0.05) is 44.1 Å². The van der Waals surface area contributed by atoms with E-state index in [0.29, 0.717) is 17.7 Å². The maximum absolute atomic E-state index is 5.61. The first kappa shape index (κ1) is 21.7. The number of ether oxygens (including phenoxy) is 2. The molecule has 0 radical (unpaired) electrons. The highest BCUT2D eigenvalue weighted by molar-refractivity contribution is 5.81. The van der Waals surface area contributed by atoms with Gasteiger partial charge in [0.2, 0.25) is 5.88 Å². The van der Waals surface area contributed by atoms with E-state index in [9.17, 15) is 0 Å². The number of aryl methyl sites for hydroxylation is 2. The Balaban J connectivity index is 1.72. The molecule has 1 unspecified atom stereocenters. The van der Waals surface area contributed by atoms with Crippen molar-refractivity contribution in [2.24, 2.45) is 7.05 Å². The number of pyridine rings is 1. The van der Waals surface area contributed by atoms with Crippen molar-refractivity contribution in [1.82, 2.24) is 24.4 Å². The number of hydrogen-bond acceptors (Lipinski definition) is 6. The molecular weight excluding hydrogens is 390 g/mol. The zero-order chi connectivity index (χ0) is 22.1. The first-order chi connectivity index (χ1) is 14.9. The van der Waals surface area contributed by atoms with Crippen molar-refractivity contribution in [2.45, 2.75) is 39.5 Å². The Morgan fingerprint density at radius 1 is 1.10 bits per heavy atom. The van der Waals surface area contributed by atoms with Crippen LogP contribution < -0.4 is 4.74 Å². The van der Waals surface area contributed by atoms with E-state index >= 15 is 0 Å². The van der Waals surface area contributed by atoms with Crippen LogP contribution >= 0.6 is 0 Å². The predicted molar refractivity (Wildman–Crippen MR) is 123 cm³/mol. The van der Waals surface area contributed by atoms with Gasteiger partial charge in [0.25, 0.3) is 0 Å². The highest BCUT2D eigenvalue weighted by Crippen LogP contribution is 2.33. The summed E-state index contributed by atoms with van der Waals surface area (Å²) in [4.78, 5) is 17.2. The molecule has 7 heteroatoms. The first-order valence-electron chi connectivity index (χ1n) is 11.1. The molecule has 0 aliphatic carbocycles. The van der Waals surface area contributed by atoms with E-state index in [1.165, 1.54) is 5.56 Å². The van der Waals surface area contributed by atoms with Gasteiger partial charge < -0.3 is 14.0 Å². The third kappa shape index (κ3) is 4.29. The molecular formula is C24H33N5O2. The van der Waals surface area contributed by atoms with Crippen molar-refractivity contribution in [3.05, 3.63) is 35.3 Å². The average molecular weight is 424 g/mol. The topological polar surface area (TPSA) is 65.3 Å². The molecule has 0 spiro atoms. The van der Waals surface area contributed by atoms with E-state index in [1.54, 1.807) is 7.11 Å². The fourth-order valence-corrected chi connectivity index (χ4v) is 4.28. The zero-order valence-electron chi connectivity index (χ0n) is 19.5. The van der Waals surface area contributed by atoms with E-state index in [2.05, 4.69) is 48.6 Å². The number of rotatable bonds is 6. The summed E-state index contributed by atoms with van der Waals surface area (Å²) in [5.74, 6) is 1.29. The SMILES string of the molecule is COc1nc(C(C)C)ccc1-c1nc2c(nc1C)c(C(C)CN1CCOCC1)cn2C. The van der Waals surface area contributed by atoms with Gasteiger partial charge in [-0.3, -0.25) is 4.90 Å². The van der Waals surface area contributed by atoms with E-state index in [1.807, 2.05) is 14.0 Å². The minimum absolute atomic E-state index is 0.334. The quantitative estimate of drug-likeness (QED) is 0.599. The van der Waals surface area contributed by atoms with Gasteiger partial charge in [0.05, 0.1) is 37.3 Å². The highest BCUT2D eigenvalue weighted by atomic mass is 16.5. The second kappa shape index (κ2) is 8.93. The van der Waals surface area contributed by atoms with Crippen LogP contribution in [0.2, 0.25) is 0 Å². The molecule has 0 saturated carbocycles. The first-order valence-corrected chi connectivity index (χ1v) is 11.1. The lowest BCUT2D eigenvalue weighted by molar-refractivity contribution is 0.0358. The van der Waals surface area contributed by atoms with Crippen molar-refractivity contribution >= 4 is 11.2 Å². The maximum atomic E-state index is 5.61. The number of morpholine rings is 1. The van der Waals surface area contributed by atoms with Gasteiger partial charge in [-0.05, 0) is 30.9 Å². The molecule has 4 rings (SSSR count). The van der Waals surface area contributed by atoms with Gasteiger partial charge in [-0.2, -0.15) is 0 Å².